The second kappa shape index (κ2) is 6.75. The van der Waals surface area contributed by atoms with Gasteiger partial charge in [-0.2, -0.15) is 5.26 Å². The van der Waals surface area contributed by atoms with Crippen molar-refractivity contribution >= 4 is 11.6 Å². The fourth-order valence-corrected chi connectivity index (χ4v) is 2.43. The largest absolute Gasteiger partial charge is 0.298 e. The van der Waals surface area contributed by atoms with Gasteiger partial charge in [-0.1, -0.05) is 30.3 Å². The van der Waals surface area contributed by atoms with E-state index in [1.165, 1.54) is 5.56 Å². The van der Waals surface area contributed by atoms with E-state index in [9.17, 15) is 0 Å². The van der Waals surface area contributed by atoms with Crippen molar-refractivity contribution in [2.45, 2.75) is 11.9 Å². The smallest absolute Gasteiger partial charge is 0.133 e. The number of hydrogen-bond donors (Lipinski definition) is 0. The lowest BCUT2D eigenvalue weighted by atomic mass is 10.2. The second-order valence-electron chi connectivity index (χ2n) is 4.66. The van der Waals surface area contributed by atoms with Crippen LogP contribution in [0.3, 0.4) is 0 Å². The van der Waals surface area contributed by atoms with E-state index in [1.54, 1.807) is 0 Å². The maximum Gasteiger partial charge on any atom is 0.133 e. The molecule has 1 atom stereocenters. The predicted octanol–water partition coefficient (Wildman–Crippen LogP) is 1.94. The first-order chi connectivity index (χ1) is 8.78. The summed E-state index contributed by atoms with van der Waals surface area (Å²) in [4.78, 5) is 4.71. The van der Waals surface area contributed by atoms with Crippen molar-refractivity contribution in [3.8, 4) is 6.07 Å². The minimum absolute atomic E-state index is 0.384. The van der Waals surface area contributed by atoms with Gasteiger partial charge in [0.15, 0.2) is 0 Å². The highest BCUT2D eigenvalue weighted by atomic mass is 35.5. The monoisotopic (exact) mass is 263 g/mol. The third-order valence-electron chi connectivity index (χ3n) is 3.27. The van der Waals surface area contributed by atoms with Gasteiger partial charge in [0.1, 0.15) is 5.38 Å². The molecule has 1 fully saturated rings. The van der Waals surface area contributed by atoms with Crippen molar-refractivity contribution in [3.05, 3.63) is 35.9 Å². The van der Waals surface area contributed by atoms with Crippen LogP contribution in [0.25, 0.3) is 0 Å². The van der Waals surface area contributed by atoms with Crippen molar-refractivity contribution in [2.75, 3.05) is 32.7 Å². The molecule has 2 rings (SSSR count). The standard InChI is InChI=1S/C14H18ClN3/c15-14(10-16)12-18-8-6-17(7-9-18)11-13-4-2-1-3-5-13/h1-5,14H,6-9,11-12H2. The molecule has 0 amide bonds. The lowest BCUT2D eigenvalue weighted by Crippen LogP contribution is -2.47. The Morgan fingerprint density at radius 3 is 2.33 bits per heavy atom. The average Bonchev–Trinajstić information content (AvgIpc) is 2.42. The third-order valence-corrected chi connectivity index (χ3v) is 3.51. The van der Waals surface area contributed by atoms with Gasteiger partial charge in [-0.15, -0.1) is 11.6 Å². The number of halogens is 1. The fourth-order valence-electron chi connectivity index (χ4n) is 2.24. The summed E-state index contributed by atoms with van der Waals surface area (Å²) in [6.07, 6.45) is 0. The third kappa shape index (κ3) is 3.99. The van der Waals surface area contributed by atoms with Crippen LogP contribution in [-0.2, 0) is 6.54 Å². The second-order valence-corrected chi connectivity index (χ2v) is 5.19. The van der Waals surface area contributed by atoms with Crippen LogP contribution in [0.2, 0.25) is 0 Å². The molecule has 0 spiro atoms. The first kappa shape index (κ1) is 13.4. The molecule has 1 unspecified atom stereocenters. The summed E-state index contributed by atoms with van der Waals surface area (Å²) in [5, 5.41) is 8.31. The minimum atomic E-state index is -0.384. The first-order valence-electron chi connectivity index (χ1n) is 6.30. The molecule has 96 valence electrons. The van der Waals surface area contributed by atoms with E-state index in [2.05, 4.69) is 40.1 Å². The Balaban J connectivity index is 1.75. The highest BCUT2D eigenvalue weighted by Gasteiger charge is 2.18. The molecule has 1 aromatic rings. The highest BCUT2D eigenvalue weighted by molar-refractivity contribution is 6.22. The molecule has 18 heavy (non-hydrogen) atoms. The summed E-state index contributed by atoms with van der Waals surface area (Å²) in [5.74, 6) is 0. The Hall–Kier alpha value is -1.08. The topological polar surface area (TPSA) is 30.3 Å². The normalized spacial score (nSPS) is 19.3. The van der Waals surface area contributed by atoms with Gasteiger partial charge in [0.2, 0.25) is 0 Å². The Kier molecular flexibility index (Phi) is 5.00. The summed E-state index contributed by atoms with van der Waals surface area (Å²) >= 11 is 5.85. The highest BCUT2D eigenvalue weighted by Crippen LogP contribution is 2.09. The molecular weight excluding hydrogens is 246 g/mol. The molecule has 0 saturated carbocycles. The molecule has 1 aliphatic heterocycles. The van der Waals surface area contributed by atoms with Crippen LogP contribution in [0, 0.1) is 11.3 Å². The summed E-state index contributed by atoms with van der Waals surface area (Å²) in [6.45, 7) is 5.78. The molecular formula is C14H18ClN3. The zero-order valence-corrected chi connectivity index (χ0v) is 11.2. The van der Waals surface area contributed by atoms with Gasteiger partial charge in [0.05, 0.1) is 6.07 Å². The predicted molar refractivity (Wildman–Crippen MR) is 73.4 cm³/mol. The summed E-state index contributed by atoms with van der Waals surface area (Å²) < 4.78 is 0. The fraction of sp³-hybridized carbons (Fsp3) is 0.500. The summed E-state index contributed by atoms with van der Waals surface area (Å²) in [5.41, 5.74) is 1.36. The molecule has 4 heteroatoms. The number of hydrogen-bond acceptors (Lipinski definition) is 3. The van der Waals surface area contributed by atoms with Crippen LogP contribution < -0.4 is 0 Å². The van der Waals surface area contributed by atoms with Gasteiger partial charge in [-0.3, -0.25) is 9.80 Å². The quantitative estimate of drug-likeness (QED) is 0.778. The van der Waals surface area contributed by atoms with Crippen LogP contribution in [-0.4, -0.2) is 47.9 Å². The van der Waals surface area contributed by atoms with Gasteiger partial charge >= 0.3 is 0 Å². The molecule has 0 aliphatic carbocycles. The van der Waals surface area contributed by atoms with E-state index in [-0.39, 0.29) is 5.38 Å². The maximum absolute atomic E-state index is 8.69. The van der Waals surface area contributed by atoms with Crippen molar-refractivity contribution in [1.29, 1.82) is 5.26 Å². The minimum Gasteiger partial charge on any atom is -0.298 e. The van der Waals surface area contributed by atoms with Gasteiger partial charge in [-0.25, -0.2) is 0 Å². The Labute approximate surface area is 114 Å². The van der Waals surface area contributed by atoms with Gasteiger partial charge in [0.25, 0.3) is 0 Å². The maximum atomic E-state index is 8.69. The van der Waals surface area contributed by atoms with Crippen LogP contribution in [0.15, 0.2) is 30.3 Å². The SMILES string of the molecule is N#CC(Cl)CN1CCN(Cc2ccccc2)CC1. The Bertz CT molecular complexity index is 393. The summed E-state index contributed by atoms with van der Waals surface area (Å²) in [6, 6.07) is 12.6. The van der Waals surface area contributed by atoms with Gasteiger partial charge < -0.3 is 0 Å². The molecule has 1 aromatic carbocycles. The van der Waals surface area contributed by atoms with Gasteiger partial charge in [-0.05, 0) is 5.56 Å². The van der Waals surface area contributed by atoms with Crippen molar-refractivity contribution < 1.29 is 0 Å². The van der Waals surface area contributed by atoms with E-state index >= 15 is 0 Å². The lowest BCUT2D eigenvalue weighted by molar-refractivity contribution is 0.129. The number of piperazine rings is 1. The molecule has 0 bridgehead atoms. The van der Waals surface area contributed by atoms with Crippen molar-refractivity contribution in [1.82, 2.24) is 9.80 Å². The lowest BCUT2D eigenvalue weighted by Gasteiger charge is -2.34. The van der Waals surface area contributed by atoms with E-state index < -0.39 is 0 Å². The van der Waals surface area contributed by atoms with E-state index in [4.69, 9.17) is 16.9 Å². The zero-order chi connectivity index (χ0) is 12.8. The number of nitrogens with zero attached hydrogens (tertiary/aromatic N) is 3. The molecule has 0 N–H and O–H groups in total. The molecule has 0 aromatic heterocycles. The summed E-state index contributed by atoms with van der Waals surface area (Å²) in [7, 11) is 0. The molecule has 0 radical (unpaired) electrons. The molecule has 3 nitrogen and oxygen atoms in total. The molecule has 1 heterocycles. The van der Waals surface area contributed by atoms with Crippen LogP contribution in [0.5, 0.6) is 0 Å². The van der Waals surface area contributed by atoms with E-state index in [0.717, 1.165) is 32.7 Å². The van der Waals surface area contributed by atoms with Crippen LogP contribution >= 0.6 is 11.6 Å². The Morgan fingerprint density at radius 2 is 1.72 bits per heavy atom. The number of nitriles is 1. The number of alkyl halides is 1. The number of rotatable bonds is 4. The van der Waals surface area contributed by atoms with Gasteiger partial charge in [0, 0.05) is 39.3 Å². The van der Waals surface area contributed by atoms with Crippen molar-refractivity contribution in [2.24, 2.45) is 0 Å². The average molecular weight is 264 g/mol. The van der Waals surface area contributed by atoms with Crippen LogP contribution in [0.4, 0.5) is 0 Å². The number of benzene rings is 1. The molecule has 1 saturated heterocycles. The molecule has 1 aliphatic rings. The van der Waals surface area contributed by atoms with E-state index in [1.807, 2.05) is 6.07 Å². The van der Waals surface area contributed by atoms with Crippen molar-refractivity contribution in [3.63, 3.8) is 0 Å². The zero-order valence-electron chi connectivity index (χ0n) is 10.4. The Morgan fingerprint density at radius 1 is 1.11 bits per heavy atom. The van der Waals surface area contributed by atoms with E-state index in [0.29, 0.717) is 6.54 Å². The first-order valence-corrected chi connectivity index (χ1v) is 6.74. The van der Waals surface area contributed by atoms with Crippen LogP contribution in [0.1, 0.15) is 5.56 Å².